The molecule has 2 rings (SSSR count). The number of urea groups is 1. The van der Waals surface area contributed by atoms with Crippen LogP contribution < -0.4 is 5.73 Å². The Kier molecular flexibility index (Phi) is 4.15. The average Bonchev–Trinajstić information content (AvgIpc) is 2.32. The second-order valence-corrected chi connectivity index (χ2v) is 5.83. The summed E-state index contributed by atoms with van der Waals surface area (Å²) in [6.45, 7) is 3.30. The van der Waals surface area contributed by atoms with E-state index in [-0.39, 0.29) is 36.2 Å². The van der Waals surface area contributed by atoms with Crippen LogP contribution in [0.4, 0.5) is 4.79 Å². The summed E-state index contributed by atoms with van der Waals surface area (Å²) >= 11 is 0. The Morgan fingerprint density at radius 2 is 1.85 bits per heavy atom. The van der Waals surface area contributed by atoms with E-state index in [0.29, 0.717) is 19.6 Å². The number of rotatable bonds is 3. The van der Waals surface area contributed by atoms with Crippen molar-refractivity contribution in [3.8, 4) is 0 Å². The summed E-state index contributed by atoms with van der Waals surface area (Å²) in [5.41, 5.74) is 5.32. The van der Waals surface area contributed by atoms with Crippen molar-refractivity contribution in [3.05, 3.63) is 0 Å². The smallest absolute Gasteiger partial charge is 0.320 e. The molecule has 2 fully saturated rings. The molecule has 2 heterocycles. The van der Waals surface area contributed by atoms with Crippen LogP contribution in [0.5, 0.6) is 0 Å². The lowest BCUT2D eigenvalue weighted by Crippen LogP contribution is -2.59. The zero-order valence-electron chi connectivity index (χ0n) is 11.6. The summed E-state index contributed by atoms with van der Waals surface area (Å²) in [4.78, 5) is 37.5. The Balaban J connectivity index is 1.88. The van der Waals surface area contributed by atoms with Gasteiger partial charge in [0.25, 0.3) is 0 Å². The predicted molar refractivity (Wildman–Crippen MR) is 70.8 cm³/mol. The van der Waals surface area contributed by atoms with E-state index in [9.17, 15) is 14.4 Å². The molecule has 0 spiro atoms. The van der Waals surface area contributed by atoms with Crippen LogP contribution in [0.3, 0.4) is 0 Å². The molecule has 0 aromatic heterocycles. The fraction of sp³-hybridized carbons (Fsp3) is 0.769. The fourth-order valence-electron chi connectivity index (χ4n) is 2.89. The third-order valence-corrected chi connectivity index (χ3v) is 4.22. The van der Waals surface area contributed by atoms with Crippen molar-refractivity contribution in [2.45, 2.75) is 32.2 Å². The standard InChI is InChI=1S/C13H21N3O4/c1-8-2-3-10(12(14)19)7-16(8)13(20)15-5-9(6-15)4-11(17)18/h8-10H,2-7H2,1H3,(H2,14,19)(H,17,18). The molecular formula is C13H21N3O4. The predicted octanol–water partition coefficient (Wildman–Crippen LogP) is 0.0987. The maximum Gasteiger partial charge on any atom is 0.320 e. The van der Waals surface area contributed by atoms with Crippen LogP contribution >= 0.6 is 0 Å². The number of likely N-dealkylation sites (tertiary alicyclic amines) is 2. The number of nitrogens with zero attached hydrogens (tertiary/aromatic N) is 2. The van der Waals surface area contributed by atoms with E-state index in [4.69, 9.17) is 10.8 Å². The first-order chi connectivity index (χ1) is 9.38. The SMILES string of the molecule is CC1CCC(C(N)=O)CN1C(=O)N1CC(CC(=O)O)C1. The fourth-order valence-corrected chi connectivity index (χ4v) is 2.89. The number of primary amides is 1. The molecule has 20 heavy (non-hydrogen) atoms. The Hall–Kier alpha value is -1.79. The lowest BCUT2D eigenvalue weighted by molar-refractivity contribution is -0.139. The molecule has 3 N–H and O–H groups in total. The number of carbonyl (C=O) groups is 3. The molecule has 3 amide bonds. The van der Waals surface area contributed by atoms with Crippen LogP contribution in [0.1, 0.15) is 26.2 Å². The summed E-state index contributed by atoms with van der Waals surface area (Å²) in [5.74, 6) is -1.42. The van der Waals surface area contributed by atoms with Crippen LogP contribution in [0, 0.1) is 11.8 Å². The van der Waals surface area contributed by atoms with E-state index >= 15 is 0 Å². The van der Waals surface area contributed by atoms with Crippen molar-refractivity contribution in [2.24, 2.45) is 17.6 Å². The Labute approximate surface area is 117 Å². The molecule has 2 aliphatic rings. The van der Waals surface area contributed by atoms with Crippen LogP contribution in [0.25, 0.3) is 0 Å². The zero-order valence-corrected chi connectivity index (χ0v) is 11.6. The van der Waals surface area contributed by atoms with Gasteiger partial charge in [-0.25, -0.2) is 4.79 Å². The maximum atomic E-state index is 12.3. The van der Waals surface area contributed by atoms with Gasteiger partial charge in [-0.3, -0.25) is 9.59 Å². The molecule has 0 aromatic rings. The van der Waals surface area contributed by atoms with Gasteiger partial charge in [0.2, 0.25) is 5.91 Å². The van der Waals surface area contributed by atoms with Crippen molar-refractivity contribution >= 4 is 17.9 Å². The van der Waals surface area contributed by atoms with Crippen LogP contribution in [-0.4, -0.2) is 58.5 Å². The van der Waals surface area contributed by atoms with Gasteiger partial charge in [0.1, 0.15) is 0 Å². The number of nitrogens with two attached hydrogens (primary N) is 1. The first kappa shape index (κ1) is 14.6. The molecule has 0 aliphatic carbocycles. The van der Waals surface area contributed by atoms with Crippen LogP contribution in [0.15, 0.2) is 0 Å². The molecular weight excluding hydrogens is 262 g/mol. The summed E-state index contributed by atoms with van der Waals surface area (Å²) < 4.78 is 0. The highest BCUT2D eigenvalue weighted by Crippen LogP contribution is 2.26. The van der Waals surface area contributed by atoms with Crippen LogP contribution in [-0.2, 0) is 9.59 Å². The van der Waals surface area contributed by atoms with E-state index in [1.54, 1.807) is 9.80 Å². The minimum Gasteiger partial charge on any atom is -0.481 e. The van der Waals surface area contributed by atoms with Crippen molar-refractivity contribution < 1.29 is 19.5 Å². The third kappa shape index (κ3) is 3.02. The van der Waals surface area contributed by atoms with Crippen molar-refractivity contribution in [1.82, 2.24) is 9.80 Å². The topological polar surface area (TPSA) is 104 Å². The highest BCUT2D eigenvalue weighted by molar-refractivity contribution is 5.80. The number of carboxylic acid groups (broad SMARTS) is 1. The lowest BCUT2D eigenvalue weighted by Gasteiger charge is -2.45. The first-order valence-corrected chi connectivity index (χ1v) is 6.95. The zero-order chi connectivity index (χ0) is 14.9. The molecule has 0 aromatic carbocycles. The third-order valence-electron chi connectivity index (χ3n) is 4.22. The molecule has 2 unspecified atom stereocenters. The number of carboxylic acids is 1. The minimum absolute atomic E-state index is 0.0449. The molecule has 7 nitrogen and oxygen atoms in total. The van der Waals surface area contributed by atoms with Crippen molar-refractivity contribution in [1.29, 1.82) is 0 Å². The summed E-state index contributed by atoms with van der Waals surface area (Å²) in [7, 11) is 0. The number of piperidine rings is 1. The van der Waals surface area contributed by atoms with Gasteiger partial charge in [0.15, 0.2) is 0 Å². The molecule has 7 heteroatoms. The molecule has 0 bridgehead atoms. The highest BCUT2D eigenvalue weighted by Gasteiger charge is 2.38. The second kappa shape index (κ2) is 5.68. The van der Waals surface area contributed by atoms with Crippen LogP contribution in [0.2, 0.25) is 0 Å². The summed E-state index contributed by atoms with van der Waals surface area (Å²) in [6.07, 6.45) is 1.59. The van der Waals surface area contributed by atoms with E-state index in [1.807, 2.05) is 6.92 Å². The molecule has 0 saturated carbocycles. The molecule has 0 radical (unpaired) electrons. The summed E-state index contributed by atoms with van der Waals surface area (Å²) in [6, 6.07) is -0.0123. The number of hydrogen-bond acceptors (Lipinski definition) is 3. The molecule has 2 aliphatic heterocycles. The quantitative estimate of drug-likeness (QED) is 0.766. The van der Waals surface area contributed by atoms with Crippen molar-refractivity contribution in [2.75, 3.05) is 19.6 Å². The van der Waals surface area contributed by atoms with E-state index in [2.05, 4.69) is 0 Å². The van der Waals surface area contributed by atoms with Gasteiger partial charge in [0.05, 0.1) is 12.3 Å². The largest absolute Gasteiger partial charge is 0.481 e. The van der Waals surface area contributed by atoms with Gasteiger partial charge in [-0.1, -0.05) is 0 Å². The Morgan fingerprint density at radius 1 is 1.20 bits per heavy atom. The Morgan fingerprint density at radius 3 is 2.40 bits per heavy atom. The van der Waals surface area contributed by atoms with E-state index < -0.39 is 5.97 Å². The van der Waals surface area contributed by atoms with Gasteiger partial charge >= 0.3 is 12.0 Å². The minimum atomic E-state index is -0.831. The van der Waals surface area contributed by atoms with Gasteiger partial charge in [-0.15, -0.1) is 0 Å². The van der Waals surface area contributed by atoms with E-state index in [1.165, 1.54) is 0 Å². The molecule has 112 valence electrons. The number of hydrogen-bond donors (Lipinski definition) is 2. The van der Waals surface area contributed by atoms with Crippen molar-refractivity contribution in [3.63, 3.8) is 0 Å². The van der Waals surface area contributed by atoms with Gasteiger partial charge in [-0.05, 0) is 19.8 Å². The second-order valence-electron chi connectivity index (χ2n) is 5.83. The number of carbonyl (C=O) groups excluding carboxylic acids is 2. The van der Waals surface area contributed by atoms with Gasteiger partial charge < -0.3 is 20.6 Å². The van der Waals surface area contributed by atoms with E-state index in [0.717, 1.165) is 12.8 Å². The normalized spacial score (nSPS) is 27.1. The van der Waals surface area contributed by atoms with Gasteiger partial charge in [-0.2, -0.15) is 0 Å². The molecule has 2 atom stereocenters. The average molecular weight is 283 g/mol. The van der Waals surface area contributed by atoms with Gasteiger partial charge in [0, 0.05) is 31.6 Å². The maximum absolute atomic E-state index is 12.3. The highest BCUT2D eigenvalue weighted by atomic mass is 16.4. The first-order valence-electron chi connectivity index (χ1n) is 6.95. The summed E-state index contributed by atoms with van der Waals surface area (Å²) in [5, 5.41) is 8.70. The lowest BCUT2D eigenvalue weighted by atomic mass is 9.92. The number of aliphatic carboxylic acids is 1. The molecule has 2 saturated heterocycles. The Bertz CT molecular complexity index is 420. The monoisotopic (exact) mass is 283 g/mol. The number of amides is 3.